The molecule has 2 aromatic heterocycles. The number of aromatic amines is 1. The van der Waals surface area contributed by atoms with Crippen molar-refractivity contribution in [1.82, 2.24) is 30.0 Å². The third-order valence-electron chi connectivity index (χ3n) is 9.63. The molecule has 46 heavy (non-hydrogen) atoms. The summed E-state index contributed by atoms with van der Waals surface area (Å²) < 4.78 is 47.3. The number of halogens is 3. The van der Waals surface area contributed by atoms with Crippen LogP contribution < -0.4 is 9.64 Å². The van der Waals surface area contributed by atoms with Gasteiger partial charge in [-0.2, -0.15) is 18.3 Å². The van der Waals surface area contributed by atoms with Gasteiger partial charge >= 0.3 is 6.18 Å². The molecule has 0 bridgehead atoms. The second-order valence-electron chi connectivity index (χ2n) is 13.0. The van der Waals surface area contributed by atoms with E-state index in [-0.39, 0.29) is 23.0 Å². The van der Waals surface area contributed by atoms with Crippen molar-refractivity contribution >= 4 is 39.6 Å². The van der Waals surface area contributed by atoms with Gasteiger partial charge in [-0.15, -0.1) is 0 Å². The van der Waals surface area contributed by atoms with Crippen LogP contribution in [0.25, 0.3) is 39.0 Å². The predicted molar refractivity (Wildman–Crippen MR) is 172 cm³/mol. The number of rotatable bonds is 7. The molecule has 3 aliphatic rings. The van der Waals surface area contributed by atoms with Crippen molar-refractivity contribution in [2.24, 2.45) is 5.41 Å². The standard InChI is InChI=1S/C34H36F3N7O2/c1-5-21-13-23-29(30(46-19-34(35,36)37)28(21)27-20(3)7-8-25-24(27)14-38-41-25)39-31(22-9-11-42(4)12-10-22)40-32(23)44-17-33(18-44)15-43(16-33)26(45)6-2/h5-8,13-14,22H,1-2,9-12,15-19H2,3-4H3,(H,38,41). The fraction of sp³-hybridized carbons (Fsp3) is 0.412. The van der Waals surface area contributed by atoms with E-state index in [0.29, 0.717) is 65.4 Å². The van der Waals surface area contributed by atoms with Crippen molar-refractivity contribution < 1.29 is 22.7 Å². The van der Waals surface area contributed by atoms with Gasteiger partial charge in [0.15, 0.2) is 12.4 Å². The van der Waals surface area contributed by atoms with Crippen LogP contribution in [0.5, 0.6) is 5.75 Å². The minimum absolute atomic E-state index is 0.0471. The summed E-state index contributed by atoms with van der Waals surface area (Å²) >= 11 is 0. The van der Waals surface area contributed by atoms with E-state index in [9.17, 15) is 18.0 Å². The molecule has 7 rings (SSSR count). The first-order chi connectivity index (χ1) is 22.0. The fourth-order valence-electron chi connectivity index (χ4n) is 7.28. The summed E-state index contributed by atoms with van der Waals surface area (Å²) in [6.07, 6.45) is 1.76. The van der Waals surface area contributed by atoms with Gasteiger partial charge in [-0.3, -0.25) is 9.89 Å². The Morgan fingerprint density at radius 1 is 1.11 bits per heavy atom. The average Bonchev–Trinajstić information content (AvgIpc) is 3.46. The van der Waals surface area contributed by atoms with Gasteiger partial charge in [0.1, 0.15) is 17.2 Å². The minimum atomic E-state index is -4.57. The smallest absolute Gasteiger partial charge is 0.422 e. The van der Waals surface area contributed by atoms with E-state index in [0.717, 1.165) is 42.4 Å². The second kappa shape index (κ2) is 11.1. The van der Waals surface area contributed by atoms with Crippen LogP contribution in [-0.4, -0.2) is 95.0 Å². The van der Waals surface area contributed by atoms with Crippen LogP contribution in [0.4, 0.5) is 19.0 Å². The number of alkyl halides is 3. The Morgan fingerprint density at radius 3 is 2.52 bits per heavy atom. The molecule has 1 spiro atoms. The quantitative estimate of drug-likeness (QED) is 0.262. The summed E-state index contributed by atoms with van der Waals surface area (Å²) in [5, 5.41) is 8.55. The molecule has 0 radical (unpaired) electrons. The lowest BCUT2D eigenvalue weighted by atomic mass is 9.72. The van der Waals surface area contributed by atoms with Crippen molar-refractivity contribution in [3.63, 3.8) is 0 Å². The number of fused-ring (bicyclic) bond motifs is 2. The number of hydrogen-bond acceptors (Lipinski definition) is 7. The molecule has 0 unspecified atom stereocenters. The zero-order chi connectivity index (χ0) is 32.4. The first-order valence-electron chi connectivity index (χ1n) is 15.5. The van der Waals surface area contributed by atoms with E-state index in [4.69, 9.17) is 14.7 Å². The number of ether oxygens (including phenoxy) is 1. The molecule has 1 amide bonds. The number of nitrogens with zero attached hydrogens (tertiary/aromatic N) is 6. The lowest BCUT2D eigenvalue weighted by molar-refractivity contribution is -0.153. The maximum Gasteiger partial charge on any atom is 0.422 e. The molecule has 2 aromatic carbocycles. The summed E-state index contributed by atoms with van der Waals surface area (Å²) in [6, 6.07) is 5.73. The molecule has 5 heterocycles. The largest absolute Gasteiger partial charge is 0.481 e. The third-order valence-corrected chi connectivity index (χ3v) is 9.63. The number of aromatic nitrogens is 4. The van der Waals surface area contributed by atoms with Crippen LogP contribution in [0.2, 0.25) is 0 Å². The molecular formula is C34H36F3N7O2. The normalized spacial score (nSPS) is 18.5. The van der Waals surface area contributed by atoms with E-state index in [1.807, 2.05) is 25.1 Å². The second-order valence-corrected chi connectivity index (χ2v) is 13.0. The molecule has 240 valence electrons. The number of carbonyl (C=O) groups excluding carboxylic acids is 1. The fourth-order valence-corrected chi connectivity index (χ4v) is 7.28. The minimum Gasteiger partial charge on any atom is -0.481 e. The maximum absolute atomic E-state index is 13.8. The van der Waals surface area contributed by atoms with Crippen LogP contribution >= 0.6 is 0 Å². The van der Waals surface area contributed by atoms with Crippen molar-refractivity contribution in [3.05, 3.63) is 60.6 Å². The molecule has 3 aliphatic heterocycles. The molecule has 9 nitrogen and oxygen atoms in total. The first-order valence-corrected chi connectivity index (χ1v) is 15.5. The number of anilines is 1. The van der Waals surface area contributed by atoms with Crippen molar-refractivity contribution in [2.75, 3.05) is 57.8 Å². The average molecular weight is 632 g/mol. The molecule has 0 aliphatic carbocycles. The van der Waals surface area contributed by atoms with Gasteiger partial charge < -0.3 is 19.4 Å². The first kappa shape index (κ1) is 30.2. The van der Waals surface area contributed by atoms with Crippen LogP contribution in [0, 0.1) is 12.3 Å². The monoisotopic (exact) mass is 631 g/mol. The summed E-state index contributed by atoms with van der Waals surface area (Å²) in [5.41, 5.74) is 3.73. The van der Waals surface area contributed by atoms with Crippen molar-refractivity contribution in [2.45, 2.75) is 31.9 Å². The van der Waals surface area contributed by atoms with Crippen LogP contribution in [0.1, 0.15) is 35.7 Å². The van der Waals surface area contributed by atoms with Crippen LogP contribution in [-0.2, 0) is 4.79 Å². The number of likely N-dealkylation sites (tertiary alicyclic amines) is 2. The van der Waals surface area contributed by atoms with Crippen molar-refractivity contribution in [3.8, 4) is 16.9 Å². The van der Waals surface area contributed by atoms with E-state index < -0.39 is 12.8 Å². The summed E-state index contributed by atoms with van der Waals surface area (Å²) in [6.45, 7) is 12.5. The van der Waals surface area contributed by atoms with Gasteiger partial charge in [0.2, 0.25) is 5.91 Å². The molecule has 12 heteroatoms. The van der Waals surface area contributed by atoms with E-state index in [2.05, 4.69) is 40.2 Å². The summed E-state index contributed by atoms with van der Waals surface area (Å²) in [4.78, 5) is 28.5. The van der Waals surface area contributed by atoms with Gasteiger partial charge in [0.25, 0.3) is 0 Å². The molecule has 1 N–H and O–H groups in total. The number of amides is 1. The zero-order valence-corrected chi connectivity index (χ0v) is 26.0. The Morgan fingerprint density at radius 2 is 1.85 bits per heavy atom. The number of nitrogens with one attached hydrogen (secondary N) is 1. The van der Waals surface area contributed by atoms with E-state index in [1.54, 1.807) is 17.2 Å². The Kier molecular flexibility index (Phi) is 7.30. The molecule has 0 atom stereocenters. The summed E-state index contributed by atoms with van der Waals surface area (Å²) in [5.74, 6) is 1.31. The highest BCUT2D eigenvalue weighted by Crippen LogP contribution is 2.49. The van der Waals surface area contributed by atoms with Gasteiger partial charge in [0.05, 0.1) is 11.7 Å². The predicted octanol–water partition coefficient (Wildman–Crippen LogP) is 5.71. The van der Waals surface area contributed by atoms with Gasteiger partial charge in [-0.25, -0.2) is 9.97 Å². The van der Waals surface area contributed by atoms with Gasteiger partial charge in [-0.05, 0) is 74.8 Å². The van der Waals surface area contributed by atoms with E-state index in [1.165, 1.54) is 6.08 Å². The van der Waals surface area contributed by atoms with Gasteiger partial charge in [-0.1, -0.05) is 25.3 Å². The molecule has 0 saturated carbocycles. The number of hydrogen-bond donors (Lipinski definition) is 1. The molecule has 3 fully saturated rings. The Hall–Kier alpha value is -4.45. The Labute approximate surface area is 264 Å². The maximum atomic E-state index is 13.8. The van der Waals surface area contributed by atoms with E-state index >= 15 is 0 Å². The zero-order valence-electron chi connectivity index (χ0n) is 26.0. The van der Waals surface area contributed by atoms with Crippen LogP contribution in [0.3, 0.4) is 0 Å². The van der Waals surface area contributed by atoms with Crippen LogP contribution in [0.15, 0.2) is 43.6 Å². The Bertz CT molecular complexity index is 1860. The highest BCUT2D eigenvalue weighted by molar-refractivity contribution is 6.07. The number of piperidine rings is 1. The van der Waals surface area contributed by atoms with Crippen molar-refractivity contribution in [1.29, 1.82) is 0 Å². The SMILES string of the molecule is C=CC(=O)N1CC2(C1)CN(c1nc(C3CCN(C)CC3)nc3c(OCC(F)(F)F)c(-c4c(C)ccc5[nH]ncc45)c(C=C)cc13)C2. The highest BCUT2D eigenvalue weighted by Gasteiger charge is 2.53. The topological polar surface area (TPSA) is 90.5 Å². The summed E-state index contributed by atoms with van der Waals surface area (Å²) in [7, 11) is 2.08. The highest BCUT2D eigenvalue weighted by atomic mass is 19.4. The molecule has 3 saturated heterocycles. The number of benzene rings is 2. The third kappa shape index (κ3) is 5.18. The lowest BCUT2D eigenvalue weighted by Gasteiger charge is -2.60. The number of H-pyrrole nitrogens is 1. The molecule has 4 aromatic rings. The number of carbonyl (C=O) groups is 1. The molecular weight excluding hydrogens is 595 g/mol. The van der Waals surface area contributed by atoms with Gasteiger partial charge in [0, 0.05) is 53.8 Å². The lowest BCUT2D eigenvalue weighted by Crippen LogP contribution is -2.73. The Balaban J connectivity index is 1.43. The number of aryl methyl sites for hydroxylation is 1.